The van der Waals surface area contributed by atoms with Crippen molar-refractivity contribution in [3.8, 4) is 0 Å². The molecule has 0 saturated carbocycles. The van der Waals surface area contributed by atoms with Crippen molar-refractivity contribution < 1.29 is 86.5 Å². The molecule has 0 aliphatic carbocycles. The first-order valence-electron chi connectivity index (χ1n) is 25.0. The number of carbonyl (C=O) groups is 8. The number of ether oxygens (including phenoxy) is 8. The van der Waals surface area contributed by atoms with Gasteiger partial charge in [0.05, 0.1) is 79.3 Å². The van der Waals surface area contributed by atoms with Gasteiger partial charge in [-0.1, -0.05) is 77.0 Å². The standard InChI is InChI=1S/C47H83N5O18/c53-21-26-67-28-27-63-22-17-48-42(55)36-68-32-29-64-23-18-49-43(56)37-69-33-30-65-24-19-50-44(57)38-70-34-31-66-25-20-51-52-40(47(61)62)35-39(46(59)60)41(54)15-13-11-9-7-5-3-1-2-4-6-8-10-12-14-16-45(52)58/h21,39-40,51H,1-20,22-38H2,(H,48,55)(H,49,56)(H,50,57)(H,59,60)(H,61,62)/t39?,40-/m0/s1. The van der Waals surface area contributed by atoms with Crippen molar-refractivity contribution in [1.29, 1.82) is 0 Å². The number of carbonyl (C=O) groups excluding carboxylic acids is 6. The SMILES string of the molecule is O=CCOCCOCCNC(=O)COCCOCCNC(=O)COCCOCCNC(=O)COCCOCCNN1C(=O)CCCCCCCCCCCCCCCCC(=O)C(C(=O)O)C[C@H]1C(=O)O. The number of nitrogens with one attached hydrogen (secondary N) is 4. The summed E-state index contributed by atoms with van der Waals surface area (Å²) in [7, 11) is 0. The molecule has 4 amide bonds. The van der Waals surface area contributed by atoms with E-state index in [1.165, 1.54) is 25.7 Å². The lowest BCUT2D eigenvalue weighted by atomic mass is 9.91. The average Bonchev–Trinajstić information content (AvgIpc) is 3.33. The molecule has 1 unspecified atom stereocenters. The minimum absolute atomic E-state index is 0.0157. The Morgan fingerprint density at radius 3 is 1.21 bits per heavy atom. The topological polar surface area (TPSA) is 302 Å². The molecular weight excluding hydrogens is 923 g/mol. The molecule has 1 aliphatic heterocycles. The van der Waals surface area contributed by atoms with Crippen molar-refractivity contribution in [1.82, 2.24) is 26.4 Å². The van der Waals surface area contributed by atoms with Gasteiger partial charge in [-0.25, -0.2) is 10.2 Å². The van der Waals surface area contributed by atoms with E-state index < -0.39 is 42.0 Å². The van der Waals surface area contributed by atoms with Crippen molar-refractivity contribution in [3.63, 3.8) is 0 Å². The van der Waals surface area contributed by atoms with Gasteiger partial charge >= 0.3 is 11.9 Å². The monoisotopic (exact) mass is 1010 g/mol. The van der Waals surface area contributed by atoms with E-state index in [9.17, 15) is 48.6 Å². The van der Waals surface area contributed by atoms with Gasteiger partial charge < -0.3 is 68.9 Å². The third-order valence-corrected chi connectivity index (χ3v) is 10.7. The fourth-order valence-electron chi connectivity index (χ4n) is 6.96. The highest BCUT2D eigenvalue weighted by Crippen LogP contribution is 2.20. The fraction of sp³-hybridized carbons (Fsp3) is 0.830. The van der Waals surface area contributed by atoms with Gasteiger partial charge in [0.15, 0.2) is 0 Å². The van der Waals surface area contributed by atoms with E-state index in [-0.39, 0.29) is 136 Å². The Balaban J connectivity index is 2.21. The van der Waals surface area contributed by atoms with E-state index in [1.54, 1.807) is 0 Å². The predicted molar refractivity (Wildman–Crippen MR) is 253 cm³/mol. The number of carboxylic acids is 2. The number of rotatable bonds is 35. The summed E-state index contributed by atoms with van der Waals surface area (Å²) in [5, 5.41) is 29.0. The molecule has 0 radical (unpaired) electrons. The van der Waals surface area contributed by atoms with Gasteiger partial charge in [0.2, 0.25) is 23.6 Å². The molecule has 6 N–H and O–H groups in total. The minimum Gasteiger partial charge on any atom is -0.481 e. The summed E-state index contributed by atoms with van der Waals surface area (Å²) in [6, 6.07) is -1.59. The molecule has 1 aliphatic rings. The van der Waals surface area contributed by atoms with E-state index in [2.05, 4.69) is 21.4 Å². The Morgan fingerprint density at radius 2 is 0.829 bits per heavy atom. The first kappa shape index (κ1) is 63.8. The maximum atomic E-state index is 13.4. The van der Waals surface area contributed by atoms with Gasteiger partial charge in [-0.15, -0.1) is 0 Å². The highest BCUT2D eigenvalue weighted by Gasteiger charge is 2.37. The quantitative estimate of drug-likeness (QED) is 0.0297. The smallest absolute Gasteiger partial charge is 0.328 e. The van der Waals surface area contributed by atoms with E-state index >= 15 is 0 Å². The van der Waals surface area contributed by atoms with E-state index in [0.29, 0.717) is 45.5 Å². The summed E-state index contributed by atoms with van der Waals surface area (Å²) >= 11 is 0. The average molecular weight is 1010 g/mol. The van der Waals surface area contributed by atoms with Crippen molar-refractivity contribution in [3.05, 3.63) is 0 Å². The number of amides is 4. The van der Waals surface area contributed by atoms with Crippen LogP contribution in [0.1, 0.15) is 109 Å². The molecule has 1 heterocycles. The summed E-state index contributed by atoms with van der Waals surface area (Å²) in [6.07, 6.45) is 14.0. The summed E-state index contributed by atoms with van der Waals surface area (Å²) in [6.45, 7) is 2.67. The van der Waals surface area contributed by atoms with Crippen LogP contribution >= 0.6 is 0 Å². The largest absolute Gasteiger partial charge is 0.481 e. The third kappa shape index (κ3) is 37.6. The van der Waals surface area contributed by atoms with Crippen molar-refractivity contribution in [2.45, 2.75) is 115 Å². The first-order chi connectivity index (χ1) is 34.1. The van der Waals surface area contributed by atoms with Crippen LogP contribution in [0.3, 0.4) is 0 Å². The minimum atomic E-state index is -1.59. The van der Waals surface area contributed by atoms with Gasteiger partial charge in [0, 0.05) is 45.4 Å². The van der Waals surface area contributed by atoms with Crippen LogP contribution in [0.5, 0.6) is 0 Å². The molecule has 23 nitrogen and oxygen atoms in total. The van der Waals surface area contributed by atoms with Gasteiger partial charge in [-0.2, -0.15) is 0 Å². The lowest BCUT2D eigenvalue weighted by molar-refractivity contribution is -0.157. The molecule has 0 aromatic carbocycles. The van der Waals surface area contributed by atoms with Crippen LogP contribution in [0.2, 0.25) is 0 Å². The summed E-state index contributed by atoms with van der Waals surface area (Å²) < 4.78 is 42.4. The van der Waals surface area contributed by atoms with Gasteiger partial charge in [-0.05, 0) is 12.8 Å². The maximum absolute atomic E-state index is 13.4. The number of hydrazine groups is 1. The summed E-state index contributed by atoms with van der Waals surface area (Å²) in [5.41, 5.74) is 2.82. The molecule has 70 heavy (non-hydrogen) atoms. The van der Waals surface area contributed by atoms with Crippen molar-refractivity contribution in [2.24, 2.45) is 5.92 Å². The number of carboxylic acid groups (broad SMARTS) is 2. The van der Waals surface area contributed by atoms with Crippen LogP contribution in [0.25, 0.3) is 0 Å². The first-order valence-corrected chi connectivity index (χ1v) is 25.0. The molecule has 0 bridgehead atoms. The Hall–Kier alpha value is -4.20. The summed E-state index contributed by atoms with van der Waals surface area (Å²) in [4.78, 5) is 97.0. The molecule has 0 aromatic heterocycles. The van der Waals surface area contributed by atoms with E-state index in [1.807, 2.05) is 0 Å². The van der Waals surface area contributed by atoms with Gasteiger partial charge in [-0.3, -0.25) is 33.8 Å². The maximum Gasteiger partial charge on any atom is 0.328 e. The zero-order valence-electron chi connectivity index (χ0n) is 41.3. The Morgan fingerprint density at radius 1 is 0.471 bits per heavy atom. The number of nitrogens with zero attached hydrogens (tertiary/aromatic N) is 1. The third-order valence-electron chi connectivity index (χ3n) is 10.7. The van der Waals surface area contributed by atoms with Crippen LogP contribution in [0.15, 0.2) is 0 Å². The number of aldehydes is 1. The second-order valence-electron chi connectivity index (χ2n) is 16.5. The molecule has 2 atom stereocenters. The van der Waals surface area contributed by atoms with Crippen molar-refractivity contribution in [2.75, 3.05) is 132 Å². The normalized spacial score (nSPS) is 17.5. The summed E-state index contributed by atoms with van der Waals surface area (Å²) in [5.74, 6) is -6.44. The van der Waals surface area contributed by atoms with E-state index in [4.69, 9.17) is 37.9 Å². The Kier molecular flexibility index (Phi) is 41.9. The van der Waals surface area contributed by atoms with Gasteiger partial charge in [0.1, 0.15) is 50.5 Å². The van der Waals surface area contributed by atoms with Gasteiger partial charge in [0.25, 0.3) is 0 Å². The second kappa shape index (κ2) is 45.9. The molecule has 1 rings (SSSR count). The van der Waals surface area contributed by atoms with Crippen LogP contribution < -0.4 is 21.4 Å². The molecule has 1 fully saturated rings. The lowest BCUT2D eigenvalue weighted by Gasteiger charge is -2.31. The highest BCUT2D eigenvalue weighted by atomic mass is 16.5. The Labute approximate surface area is 412 Å². The van der Waals surface area contributed by atoms with Crippen LogP contribution in [-0.4, -0.2) is 201 Å². The molecule has 404 valence electrons. The zero-order valence-corrected chi connectivity index (χ0v) is 41.3. The van der Waals surface area contributed by atoms with Crippen LogP contribution in [0, 0.1) is 5.92 Å². The van der Waals surface area contributed by atoms with Crippen LogP contribution in [0.4, 0.5) is 0 Å². The number of aliphatic carboxylic acids is 2. The van der Waals surface area contributed by atoms with Crippen molar-refractivity contribution >= 4 is 47.6 Å². The number of hydrogen-bond donors (Lipinski definition) is 6. The highest BCUT2D eigenvalue weighted by molar-refractivity contribution is 5.99. The zero-order chi connectivity index (χ0) is 51.1. The van der Waals surface area contributed by atoms with Crippen LogP contribution in [-0.2, 0) is 76.3 Å². The lowest BCUT2D eigenvalue weighted by Crippen LogP contribution is -2.55. The van der Waals surface area contributed by atoms with E-state index in [0.717, 1.165) is 56.4 Å². The fourth-order valence-corrected chi connectivity index (χ4v) is 6.96. The number of ketones is 1. The Bertz CT molecular complexity index is 1430. The molecule has 23 heteroatoms. The second-order valence-corrected chi connectivity index (χ2v) is 16.5. The number of Topliss-reactive ketones (excluding diaryl/α,β-unsaturated/α-hetero) is 1. The molecular formula is C47H83N5O18. The molecule has 1 saturated heterocycles. The molecule has 0 spiro atoms. The number of hydrogen-bond acceptors (Lipinski definition) is 17. The molecule has 0 aromatic rings. The predicted octanol–water partition coefficient (Wildman–Crippen LogP) is 1.37.